The molecule has 1 fully saturated rings. The zero-order valence-electron chi connectivity index (χ0n) is 10.5. The maximum Gasteiger partial charge on any atom is 0.227 e. The highest BCUT2D eigenvalue weighted by molar-refractivity contribution is 5.94. The number of carbonyl (C=O) groups excluding carboxylic acids is 1. The van der Waals surface area contributed by atoms with E-state index >= 15 is 0 Å². The third-order valence-electron chi connectivity index (χ3n) is 4.20. The largest absolute Gasteiger partial charge is 0.388 e. The third-order valence-corrected chi connectivity index (χ3v) is 4.20. The molecular formula is C15H19NO2. The summed E-state index contributed by atoms with van der Waals surface area (Å²) in [6.07, 6.45) is 4.56. The molecule has 1 unspecified atom stereocenters. The lowest BCUT2D eigenvalue weighted by molar-refractivity contribution is -0.120. The molecule has 18 heavy (non-hydrogen) atoms. The van der Waals surface area contributed by atoms with E-state index in [-0.39, 0.29) is 5.91 Å². The van der Waals surface area contributed by atoms with Crippen LogP contribution >= 0.6 is 0 Å². The van der Waals surface area contributed by atoms with Crippen LogP contribution < -0.4 is 4.90 Å². The average molecular weight is 245 g/mol. The molecule has 96 valence electrons. The van der Waals surface area contributed by atoms with Gasteiger partial charge in [0, 0.05) is 24.2 Å². The molecule has 1 aliphatic carbocycles. The summed E-state index contributed by atoms with van der Waals surface area (Å²) in [5.74, 6) is 0.815. The summed E-state index contributed by atoms with van der Waals surface area (Å²) in [6.45, 7) is 0.643. The molecule has 1 aliphatic heterocycles. The molecule has 3 rings (SSSR count). The van der Waals surface area contributed by atoms with E-state index in [9.17, 15) is 9.90 Å². The number of nitrogens with zero attached hydrogens (tertiary/aromatic N) is 1. The number of aliphatic hydroxyl groups is 1. The smallest absolute Gasteiger partial charge is 0.227 e. The standard InChI is InChI=1S/C15H19NO2/c17-14-8-9-16(13-7-2-1-6-12(13)14)15(18)10-11-4-3-5-11/h1-2,6-7,11,14,17H,3-5,8-10H2. The Hall–Kier alpha value is -1.35. The van der Waals surface area contributed by atoms with Crippen molar-refractivity contribution in [3.05, 3.63) is 29.8 Å². The fraction of sp³-hybridized carbons (Fsp3) is 0.533. The molecule has 2 aliphatic rings. The molecule has 1 amide bonds. The van der Waals surface area contributed by atoms with E-state index in [0.717, 1.165) is 11.3 Å². The van der Waals surface area contributed by atoms with Crippen molar-refractivity contribution in [2.45, 2.75) is 38.2 Å². The molecule has 0 radical (unpaired) electrons. The minimum Gasteiger partial charge on any atom is -0.388 e. The fourth-order valence-corrected chi connectivity index (χ4v) is 2.86. The van der Waals surface area contributed by atoms with Crippen LogP contribution in [0.25, 0.3) is 0 Å². The Labute approximate surface area is 107 Å². The van der Waals surface area contributed by atoms with Gasteiger partial charge in [0.15, 0.2) is 0 Å². The normalized spacial score (nSPS) is 23.4. The van der Waals surface area contributed by atoms with Crippen LogP contribution in [0.1, 0.15) is 43.8 Å². The van der Waals surface area contributed by atoms with Crippen LogP contribution in [0.5, 0.6) is 0 Å². The number of anilines is 1. The number of para-hydroxylation sites is 1. The number of hydrogen-bond donors (Lipinski definition) is 1. The van der Waals surface area contributed by atoms with Gasteiger partial charge in [0.1, 0.15) is 0 Å². The van der Waals surface area contributed by atoms with Gasteiger partial charge in [-0.05, 0) is 31.2 Å². The number of aliphatic hydroxyl groups excluding tert-OH is 1. The summed E-state index contributed by atoms with van der Waals surface area (Å²) in [5.41, 5.74) is 1.80. The van der Waals surface area contributed by atoms with E-state index in [1.807, 2.05) is 29.2 Å². The SMILES string of the molecule is O=C(CC1CCC1)N1CCC(O)c2ccccc21. The van der Waals surface area contributed by atoms with Gasteiger partial charge in [-0.3, -0.25) is 4.79 Å². The Bertz CT molecular complexity index is 454. The predicted molar refractivity (Wildman–Crippen MR) is 70.3 cm³/mol. The molecule has 1 aromatic carbocycles. The Kier molecular flexibility index (Phi) is 3.08. The van der Waals surface area contributed by atoms with Crippen molar-refractivity contribution in [3.63, 3.8) is 0 Å². The van der Waals surface area contributed by atoms with Crippen molar-refractivity contribution in [2.75, 3.05) is 11.4 Å². The van der Waals surface area contributed by atoms with Crippen molar-refractivity contribution in [2.24, 2.45) is 5.92 Å². The van der Waals surface area contributed by atoms with Gasteiger partial charge in [-0.1, -0.05) is 24.6 Å². The summed E-state index contributed by atoms with van der Waals surface area (Å²) >= 11 is 0. The van der Waals surface area contributed by atoms with Crippen molar-refractivity contribution in [1.82, 2.24) is 0 Å². The van der Waals surface area contributed by atoms with E-state index in [4.69, 9.17) is 0 Å². The second-order valence-electron chi connectivity index (χ2n) is 5.41. The first-order chi connectivity index (χ1) is 8.75. The van der Waals surface area contributed by atoms with Gasteiger partial charge in [-0.2, -0.15) is 0 Å². The average Bonchev–Trinajstić information content (AvgIpc) is 2.34. The van der Waals surface area contributed by atoms with E-state index in [2.05, 4.69) is 0 Å². The van der Waals surface area contributed by atoms with E-state index in [0.29, 0.717) is 25.3 Å². The van der Waals surface area contributed by atoms with Crippen molar-refractivity contribution < 1.29 is 9.90 Å². The Morgan fingerprint density at radius 2 is 2.06 bits per heavy atom. The van der Waals surface area contributed by atoms with Crippen LogP contribution in [0, 0.1) is 5.92 Å². The molecule has 1 aromatic rings. The number of carbonyl (C=O) groups is 1. The molecule has 1 atom stereocenters. The molecule has 0 saturated heterocycles. The van der Waals surface area contributed by atoms with Gasteiger partial charge < -0.3 is 10.0 Å². The van der Waals surface area contributed by atoms with Gasteiger partial charge in [0.25, 0.3) is 0 Å². The first-order valence-corrected chi connectivity index (χ1v) is 6.83. The van der Waals surface area contributed by atoms with E-state index in [1.54, 1.807) is 0 Å². The topological polar surface area (TPSA) is 40.5 Å². The van der Waals surface area contributed by atoms with Crippen LogP contribution in [0.4, 0.5) is 5.69 Å². The van der Waals surface area contributed by atoms with Crippen LogP contribution in [0.3, 0.4) is 0 Å². The maximum absolute atomic E-state index is 12.3. The van der Waals surface area contributed by atoms with Gasteiger partial charge in [-0.15, -0.1) is 0 Å². The number of rotatable bonds is 2. The molecule has 3 nitrogen and oxygen atoms in total. The monoisotopic (exact) mass is 245 g/mol. The van der Waals surface area contributed by atoms with Gasteiger partial charge in [0.05, 0.1) is 6.10 Å². The molecular weight excluding hydrogens is 226 g/mol. The predicted octanol–water partition coefficient (Wildman–Crippen LogP) is 2.65. The molecule has 1 saturated carbocycles. The minimum atomic E-state index is -0.422. The van der Waals surface area contributed by atoms with Crippen LogP contribution in [0.15, 0.2) is 24.3 Å². The minimum absolute atomic E-state index is 0.221. The molecule has 1 N–H and O–H groups in total. The van der Waals surface area contributed by atoms with Gasteiger partial charge in [0.2, 0.25) is 5.91 Å². The van der Waals surface area contributed by atoms with E-state index < -0.39 is 6.10 Å². The third kappa shape index (κ3) is 2.03. The Morgan fingerprint density at radius 1 is 1.28 bits per heavy atom. The van der Waals surface area contributed by atoms with Crippen LogP contribution in [-0.2, 0) is 4.79 Å². The van der Waals surface area contributed by atoms with Crippen LogP contribution in [-0.4, -0.2) is 17.6 Å². The highest BCUT2D eigenvalue weighted by Crippen LogP contribution is 2.36. The van der Waals surface area contributed by atoms with Crippen molar-refractivity contribution in [1.29, 1.82) is 0 Å². The van der Waals surface area contributed by atoms with Gasteiger partial charge in [-0.25, -0.2) is 0 Å². The lowest BCUT2D eigenvalue weighted by atomic mass is 9.82. The quantitative estimate of drug-likeness (QED) is 0.870. The Morgan fingerprint density at radius 3 is 2.78 bits per heavy atom. The molecule has 1 heterocycles. The lowest BCUT2D eigenvalue weighted by Gasteiger charge is -2.34. The Balaban J connectivity index is 1.80. The first kappa shape index (κ1) is 11.7. The zero-order valence-corrected chi connectivity index (χ0v) is 10.5. The second-order valence-corrected chi connectivity index (χ2v) is 5.41. The molecule has 0 spiro atoms. The van der Waals surface area contributed by atoms with E-state index in [1.165, 1.54) is 19.3 Å². The summed E-state index contributed by atoms with van der Waals surface area (Å²) in [6, 6.07) is 7.71. The number of fused-ring (bicyclic) bond motifs is 1. The van der Waals surface area contributed by atoms with Gasteiger partial charge >= 0.3 is 0 Å². The molecule has 3 heteroatoms. The maximum atomic E-state index is 12.3. The van der Waals surface area contributed by atoms with Crippen molar-refractivity contribution >= 4 is 11.6 Å². The number of hydrogen-bond acceptors (Lipinski definition) is 2. The fourth-order valence-electron chi connectivity index (χ4n) is 2.86. The highest BCUT2D eigenvalue weighted by atomic mass is 16.3. The van der Waals surface area contributed by atoms with Crippen LogP contribution in [0.2, 0.25) is 0 Å². The zero-order chi connectivity index (χ0) is 12.5. The molecule has 0 aromatic heterocycles. The lowest BCUT2D eigenvalue weighted by Crippen LogP contribution is -2.38. The summed E-state index contributed by atoms with van der Waals surface area (Å²) in [5, 5.41) is 9.96. The number of benzene rings is 1. The highest BCUT2D eigenvalue weighted by Gasteiger charge is 2.29. The second kappa shape index (κ2) is 4.73. The molecule has 0 bridgehead atoms. The summed E-state index contributed by atoms with van der Waals surface area (Å²) in [4.78, 5) is 14.2. The first-order valence-electron chi connectivity index (χ1n) is 6.83. The number of amides is 1. The summed E-state index contributed by atoms with van der Waals surface area (Å²) < 4.78 is 0. The summed E-state index contributed by atoms with van der Waals surface area (Å²) in [7, 11) is 0. The van der Waals surface area contributed by atoms with Crippen molar-refractivity contribution in [3.8, 4) is 0 Å².